The molecule has 124 valence electrons. The van der Waals surface area contributed by atoms with E-state index in [1.165, 1.54) is 18.5 Å². The molecule has 0 bridgehead atoms. The molecule has 0 aliphatic carbocycles. The van der Waals surface area contributed by atoms with Gasteiger partial charge < -0.3 is 4.74 Å². The van der Waals surface area contributed by atoms with Gasteiger partial charge in [-0.25, -0.2) is 9.79 Å². The van der Waals surface area contributed by atoms with E-state index in [1.54, 1.807) is 12.1 Å². The summed E-state index contributed by atoms with van der Waals surface area (Å²) in [6, 6.07) is 6.20. The second-order valence-corrected chi connectivity index (χ2v) is 4.87. The number of hydrogen-bond donors (Lipinski definition) is 0. The van der Waals surface area contributed by atoms with Crippen molar-refractivity contribution < 1.29 is 19.4 Å². The Bertz CT molecular complexity index is 919. The minimum atomic E-state index is -0.776. The highest BCUT2D eigenvalue weighted by Crippen LogP contribution is 2.26. The topological polar surface area (TPSA) is 138 Å². The summed E-state index contributed by atoms with van der Waals surface area (Å²) in [5.74, 6) is -1.00. The normalized spacial score (nSPS) is 15.0. The lowest BCUT2D eigenvalue weighted by Gasteiger charge is -2.00. The lowest BCUT2D eigenvalue weighted by molar-refractivity contribution is -0.394. The molecule has 0 saturated heterocycles. The Hall–Kier alpha value is -3.95. The zero-order chi connectivity index (χ0) is 18.0. The molecular weight excluding hydrogens is 332 g/mol. The number of aromatic nitrogens is 1. The van der Waals surface area contributed by atoms with Crippen LogP contribution in [-0.2, 0) is 9.53 Å². The molecule has 1 aromatic heterocycles. The van der Waals surface area contributed by atoms with E-state index in [0.29, 0.717) is 5.56 Å². The van der Waals surface area contributed by atoms with Crippen molar-refractivity contribution in [2.75, 3.05) is 0 Å². The standard InChI is InChI=1S/C15H8N4O6/c20-15-13(5-9-1-3-16-4-2-9)17-14(25-15)10-6-11(18(21)22)8-12(7-10)19(23)24/h1-8H. The van der Waals surface area contributed by atoms with Crippen molar-refractivity contribution in [2.45, 2.75) is 0 Å². The predicted molar refractivity (Wildman–Crippen MR) is 84.6 cm³/mol. The fraction of sp³-hybridized carbons (Fsp3) is 0. The van der Waals surface area contributed by atoms with Gasteiger partial charge in [0, 0.05) is 24.5 Å². The first kappa shape index (κ1) is 15.9. The van der Waals surface area contributed by atoms with Crippen molar-refractivity contribution >= 4 is 29.3 Å². The lowest BCUT2D eigenvalue weighted by atomic mass is 10.1. The fourth-order valence-corrected chi connectivity index (χ4v) is 2.08. The number of non-ortho nitro benzene ring substituents is 2. The van der Waals surface area contributed by atoms with Gasteiger partial charge >= 0.3 is 5.97 Å². The Morgan fingerprint density at radius 2 is 1.60 bits per heavy atom. The molecule has 25 heavy (non-hydrogen) atoms. The summed E-state index contributed by atoms with van der Waals surface area (Å²) >= 11 is 0. The van der Waals surface area contributed by atoms with Crippen LogP contribution < -0.4 is 0 Å². The van der Waals surface area contributed by atoms with Crippen molar-refractivity contribution in [3.05, 3.63) is 79.8 Å². The monoisotopic (exact) mass is 340 g/mol. The average molecular weight is 340 g/mol. The third-order valence-corrected chi connectivity index (χ3v) is 3.20. The van der Waals surface area contributed by atoms with Gasteiger partial charge in [-0.2, -0.15) is 0 Å². The highest BCUT2D eigenvalue weighted by atomic mass is 16.6. The number of hydrogen-bond acceptors (Lipinski definition) is 8. The Morgan fingerprint density at radius 1 is 1.00 bits per heavy atom. The SMILES string of the molecule is O=C1OC(c2cc([N+](=O)[O-])cc([N+](=O)[O-])c2)=NC1=Cc1ccncc1. The molecule has 10 nitrogen and oxygen atoms in total. The van der Waals surface area contributed by atoms with Gasteiger partial charge in [-0.15, -0.1) is 0 Å². The van der Waals surface area contributed by atoms with Gasteiger partial charge in [0.25, 0.3) is 11.4 Å². The van der Waals surface area contributed by atoms with Gasteiger partial charge in [0.05, 0.1) is 21.5 Å². The van der Waals surface area contributed by atoms with Crippen LogP contribution in [0, 0.1) is 20.2 Å². The molecule has 1 aromatic carbocycles. The lowest BCUT2D eigenvalue weighted by Crippen LogP contribution is -2.06. The Labute approximate surface area is 139 Å². The minimum absolute atomic E-state index is 0.0321. The van der Waals surface area contributed by atoms with Crippen LogP contribution in [0.2, 0.25) is 0 Å². The number of nitro benzene ring substituents is 2. The molecule has 0 fully saturated rings. The summed E-state index contributed by atoms with van der Waals surface area (Å²) in [4.78, 5) is 40.0. The second kappa shape index (κ2) is 6.28. The Kier molecular flexibility index (Phi) is 4.00. The number of nitro groups is 2. The van der Waals surface area contributed by atoms with Crippen molar-refractivity contribution in [1.82, 2.24) is 4.98 Å². The molecule has 1 aliphatic heterocycles. The highest BCUT2D eigenvalue weighted by Gasteiger charge is 2.27. The first-order valence-corrected chi connectivity index (χ1v) is 6.81. The van der Waals surface area contributed by atoms with E-state index in [-0.39, 0.29) is 17.2 Å². The smallest absolute Gasteiger partial charge is 0.363 e. The third kappa shape index (κ3) is 3.37. The first-order chi connectivity index (χ1) is 11.9. The molecule has 0 spiro atoms. The van der Waals surface area contributed by atoms with Crippen LogP contribution in [-0.4, -0.2) is 26.7 Å². The molecule has 3 rings (SSSR count). The Morgan fingerprint density at radius 3 is 2.16 bits per heavy atom. The van der Waals surface area contributed by atoms with E-state index in [2.05, 4.69) is 9.98 Å². The summed E-state index contributed by atoms with van der Waals surface area (Å²) in [5.41, 5.74) is -0.427. The Balaban J connectivity index is 2.03. The van der Waals surface area contributed by atoms with Gasteiger partial charge in [0.2, 0.25) is 5.90 Å². The zero-order valence-corrected chi connectivity index (χ0v) is 12.4. The molecule has 1 aliphatic rings. The van der Waals surface area contributed by atoms with Crippen molar-refractivity contribution in [3.63, 3.8) is 0 Å². The number of esters is 1. The van der Waals surface area contributed by atoms with Gasteiger partial charge in [0.1, 0.15) is 0 Å². The largest absolute Gasteiger partial charge is 0.402 e. The number of carbonyl (C=O) groups excluding carboxylic acids is 1. The van der Waals surface area contributed by atoms with Crippen LogP contribution >= 0.6 is 0 Å². The van der Waals surface area contributed by atoms with Crippen LogP contribution in [0.4, 0.5) is 11.4 Å². The third-order valence-electron chi connectivity index (χ3n) is 3.20. The first-order valence-electron chi connectivity index (χ1n) is 6.81. The maximum Gasteiger partial charge on any atom is 0.363 e. The molecule has 0 saturated carbocycles. The maximum absolute atomic E-state index is 11.9. The van der Waals surface area contributed by atoms with E-state index in [0.717, 1.165) is 18.2 Å². The number of carbonyl (C=O) groups is 1. The summed E-state index contributed by atoms with van der Waals surface area (Å²) in [5, 5.41) is 21.9. The number of nitrogens with zero attached hydrogens (tertiary/aromatic N) is 4. The molecule has 10 heteroatoms. The van der Waals surface area contributed by atoms with Crippen LogP contribution in [0.3, 0.4) is 0 Å². The van der Waals surface area contributed by atoms with E-state index in [9.17, 15) is 25.0 Å². The van der Waals surface area contributed by atoms with Crippen molar-refractivity contribution in [1.29, 1.82) is 0 Å². The quantitative estimate of drug-likeness (QED) is 0.360. The van der Waals surface area contributed by atoms with Crippen LogP contribution in [0.25, 0.3) is 6.08 Å². The van der Waals surface area contributed by atoms with Crippen LogP contribution in [0.1, 0.15) is 11.1 Å². The molecule has 0 amide bonds. The molecule has 2 heterocycles. The molecular formula is C15H8N4O6. The minimum Gasteiger partial charge on any atom is -0.402 e. The fourth-order valence-electron chi connectivity index (χ4n) is 2.08. The van der Waals surface area contributed by atoms with Gasteiger partial charge in [-0.05, 0) is 23.8 Å². The van der Waals surface area contributed by atoms with Crippen molar-refractivity contribution in [2.24, 2.45) is 4.99 Å². The number of pyridine rings is 1. The second-order valence-electron chi connectivity index (χ2n) is 4.87. The van der Waals surface area contributed by atoms with E-state index < -0.39 is 27.2 Å². The molecule has 0 N–H and O–H groups in total. The summed E-state index contributed by atoms with van der Waals surface area (Å²) < 4.78 is 4.98. The van der Waals surface area contributed by atoms with Gasteiger partial charge in [0.15, 0.2) is 5.70 Å². The molecule has 0 unspecified atom stereocenters. The number of rotatable bonds is 4. The summed E-state index contributed by atoms with van der Waals surface area (Å²) in [7, 11) is 0. The van der Waals surface area contributed by atoms with Crippen LogP contribution in [0.15, 0.2) is 53.4 Å². The number of aliphatic imine (C=N–C) groups is 1. The summed E-state index contributed by atoms with van der Waals surface area (Å²) in [6.07, 6.45) is 4.51. The number of benzene rings is 1. The van der Waals surface area contributed by atoms with Gasteiger partial charge in [-0.1, -0.05) is 0 Å². The highest BCUT2D eigenvalue weighted by molar-refractivity contribution is 6.13. The number of ether oxygens (including phenoxy) is 1. The van der Waals surface area contributed by atoms with E-state index >= 15 is 0 Å². The summed E-state index contributed by atoms with van der Waals surface area (Å²) in [6.45, 7) is 0. The number of cyclic esters (lactones) is 1. The van der Waals surface area contributed by atoms with Crippen molar-refractivity contribution in [3.8, 4) is 0 Å². The van der Waals surface area contributed by atoms with E-state index in [4.69, 9.17) is 4.74 Å². The zero-order valence-electron chi connectivity index (χ0n) is 12.4. The predicted octanol–water partition coefficient (Wildman–Crippen LogP) is 2.24. The molecule has 2 aromatic rings. The van der Waals surface area contributed by atoms with E-state index in [1.807, 2.05) is 0 Å². The average Bonchev–Trinajstić information content (AvgIpc) is 2.96. The van der Waals surface area contributed by atoms with Crippen LogP contribution in [0.5, 0.6) is 0 Å². The molecule has 0 radical (unpaired) electrons. The maximum atomic E-state index is 11.9. The van der Waals surface area contributed by atoms with Gasteiger partial charge in [-0.3, -0.25) is 25.2 Å². The molecule has 0 atom stereocenters.